The van der Waals surface area contributed by atoms with Gasteiger partial charge in [0.05, 0.1) is 13.2 Å². The number of rotatable bonds is 3. The predicted octanol–water partition coefficient (Wildman–Crippen LogP) is 2.21. The molecule has 3 nitrogen and oxygen atoms in total. The maximum absolute atomic E-state index is 5.65. The van der Waals surface area contributed by atoms with E-state index in [1.807, 2.05) is 12.1 Å². The molecule has 4 heteroatoms. The van der Waals surface area contributed by atoms with E-state index in [1.54, 1.807) is 0 Å². The fraction of sp³-hybridized carbons (Fsp3) is 0.500. The Morgan fingerprint density at radius 2 is 2.00 bits per heavy atom. The average molecular weight is 239 g/mol. The predicted molar refractivity (Wildman–Crippen MR) is 69.2 cm³/mol. The molecule has 1 aliphatic rings. The van der Waals surface area contributed by atoms with Gasteiger partial charge in [-0.3, -0.25) is 0 Å². The molecule has 0 radical (unpaired) electrons. The Hall–Kier alpha value is -1.03. The summed E-state index contributed by atoms with van der Waals surface area (Å²) < 4.78 is 11.2. The Morgan fingerprint density at radius 1 is 1.25 bits per heavy atom. The molecule has 1 heterocycles. The van der Waals surface area contributed by atoms with Crippen LogP contribution in [0.25, 0.3) is 0 Å². The number of ether oxygens (including phenoxy) is 2. The summed E-state index contributed by atoms with van der Waals surface area (Å²) in [6.45, 7) is 2.38. The van der Waals surface area contributed by atoms with E-state index in [-0.39, 0.29) is 0 Å². The van der Waals surface area contributed by atoms with E-state index >= 15 is 0 Å². The first-order chi connectivity index (χ1) is 7.81. The molecule has 0 amide bonds. The second kappa shape index (κ2) is 5.34. The van der Waals surface area contributed by atoms with Crippen molar-refractivity contribution in [2.75, 3.05) is 37.5 Å². The molecule has 0 aromatic heterocycles. The first-order valence-electron chi connectivity index (χ1n) is 5.53. The minimum absolute atomic E-state index is 0.729. The van der Waals surface area contributed by atoms with Crippen molar-refractivity contribution >= 4 is 18.3 Å². The van der Waals surface area contributed by atoms with Crippen molar-refractivity contribution in [1.82, 2.24) is 0 Å². The van der Waals surface area contributed by atoms with Crippen LogP contribution in [-0.4, -0.2) is 32.6 Å². The Bertz CT molecular complexity index is 357. The van der Waals surface area contributed by atoms with Gasteiger partial charge in [-0.05, 0) is 12.1 Å². The van der Waals surface area contributed by atoms with Crippen LogP contribution >= 0.6 is 12.6 Å². The van der Waals surface area contributed by atoms with Crippen molar-refractivity contribution in [3.63, 3.8) is 0 Å². The number of nitrogens with zero attached hydrogens (tertiary/aromatic N) is 1. The lowest BCUT2D eigenvalue weighted by Crippen LogP contribution is -2.19. The number of thiol groups is 1. The summed E-state index contributed by atoms with van der Waals surface area (Å²) in [7, 11) is 2.05. The van der Waals surface area contributed by atoms with Crippen LogP contribution in [0.5, 0.6) is 11.5 Å². The van der Waals surface area contributed by atoms with Crippen LogP contribution in [-0.2, 0) is 0 Å². The third kappa shape index (κ3) is 2.55. The van der Waals surface area contributed by atoms with Crippen LogP contribution in [0.4, 0.5) is 5.69 Å². The molecule has 88 valence electrons. The molecular weight excluding hydrogens is 222 g/mol. The zero-order chi connectivity index (χ0) is 11.4. The summed E-state index contributed by atoms with van der Waals surface area (Å²) >= 11 is 4.23. The van der Waals surface area contributed by atoms with Crippen LogP contribution in [0.3, 0.4) is 0 Å². The molecule has 0 fully saturated rings. The van der Waals surface area contributed by atoms with Crippen molar-refractivity contribution < 1.29 is 9.47 Å². The summed E-state index contributed by atoms with van der Waals surface area (Å²) in [5.74, 6) is 2.53. The summed E-state index contributed by atoms with van der Waals surface area (Å²) in [5, 5.41) is 0. The Balaban J connectivity index is 2.20. The van der Waals surface area contributed by atoms with Gasteiger partial charge in [0.2, 0.25) is 0 Å². The molecule has 0 spiro atoms. The van der Waals surface area contributed by atoms with Crippen LogP contribution < -0.4 is 14.4 Å². The Labute approximate surface area is 102 Å². The van der Waals surface area contributed by atoms with Gasteiger partial charge in [-0.2, -0.15) is 12.6 Å². The van der Waals surface area contributed by atoms with Crippen LogP contribution in [0.1, 0.15) is 6.42 Å². The van der Waals surface area contributed by atoms with Crippen molar-refractivity contribution in [2.45, 2.75) is 6.42 Å². The normalized spacial score (nSPS) is 14.4. The van der Waals surface area contributed by atoms with Crippen LogP contribution in [0.15, 0.2) is 18.2 Å². The van der Waals surface area contributed by atoms with E-state index in [2.05, 4.69) is 30.6 Å². The van der Waals surface area contributed by atoms with Gasteiger partial charge in [-0.1, -0.05) is 0 Å². The van der Waals surface area contributed by atoms with E-state index in [0.29, 0.717) is 0 Å². The molecule has 0 N–H and O–H groups in total. The molecule has 0 bridgehead atoms. The highest BCUT2D eigenvalue weighted by molar-refractivity contribution is 7.80. The molecule has 1 aromatic carbocycles. The van der Waals surface area contributed by atoms with Crippen molar-refractivity contribution in [3.8, 4) is 11.5 Å². The van der Waals surface area contributed by atoms with E-state index < -0.39 is 0 Å². The highest BCUT2D eigenvalue weighted by Crippen LogP contribution is 2.33. The van der Waals surface area contributed by atoms with Gasteiger partial charge >= 0.3 is 0 Å². The SMILES string of the molecule is CN(CCS)c1ccc2c(c1)OCCCO2. The van der Waals surface area contributed by atoms with Gasteiger partial charge in [-0.25, -0.2) is 0 Å². The van der Waals surface area contributed by atoms with Gasteiger partial charge in [0.25, 0.3) is 0 Å². The first kappa shape index (κ1) is 11.5. The van der Waals surface area contributed by atoms with Crippen molar-refractivity contribution in [1.29, 1.82) is 0 Å². The third-order valence-corrected chi connectivity index (χ3v) is 2.81. The molecule has 16 heavy (non-hydrogen) atoms. The fourth-order valence-electron chi connectivity index (χ4n) is 1.67. The van der Waals surface area contributed by atoms with Gasteiger partial charge in [-0.15, -0.1) is 0 Å². The number of benzene rings is 1. The molecule has 1 aliphatic heterocycles. The van der Waals surface area contributed by atoms with E-state index in [0.717, 1.165) is 49.1 Å². The standard InChI is InChI=1S/C12H17NO2S/c1-13(5-8-16)10-3-4-11-12(9-10)15-7-2-6-14-11/h3-4,9,16H,2,5-8H2,1H3. The van der Waals surface area contributed by atoms with Gasteiger partial charge < -0.3 is 14.4 Å². The van der Waals surface area contributed by atoms with E-state index in [4.69, 9.17) is 9.47 Å². The monoisotopic (exact) mass is 239 g/mol. The molecule has 2 rings (SSSR count). The highest BCUT2D eigenvalue weighted by atomic mass is 32.1. The number of fused-ring (bicyclic) bond motifs is 1. The smallest absolute Gasteiger partial charge is 0.163 e. The van der Waals surface area contributed by atoms with Gasteiger partial charge in [0.1, 0.15) is 0 Å². The lowest BCUT2D eigenvalue weighted by Gasteiger charge is -2.19. The maximum atomic E-state index is 5.65. The highest BCUT2D eigenvalue weighted by Gasteiger charge is 2.11. The quantitative estimate of drug-likeness (QED) is 0.817. The largest absolute Gasteiger partial charge is 0.490 e. The molecule has 0 saturated heterocycles. The Morgan fingerprint density at radius 3 is 2.75 bits per heavy atom. The van der Waals surface area contributed by atoms with Crippen LogP contribution in [0.2, 0.25) is 0 Å². The lowest BCUT2D eigenvalue weighted by atomic mass is 10.2. The molecular formula is C12H17NO2S. The second-order valence-corrected chi connectivity index (χ2v) is 4.27. The van der Waals surface area contributed by atoms with Crippen LogP contribution in [0, 0.1) is 0 Å². The molecule has 0 aliphatic carbocycles. The number of anilines is 1. The number of hydrogen-bond donors (Lipinski definition) is 1. The summed E-state index contributed by atoms with van der Waals surface area (Å²) in [6.07, 6.45) is 0.941. The van der Waals surface area contributed by atoms with Crippen molar-refractivity contribution in [3.05, 3.63) is 18.2 Å². The minimum Gasteiger partial charge on any atom is -0.490 e. The fourth-order valence-corrected chi connectivity index (χ4v) is 1.97. The maximum Gasteiger partial charge on any atom is 0.163 e. The topological polar surface area (TPSA) is 21.7 Å². The Kier molecular flexibility index (Phi) is 3.83. The van der Waals surface area contributed by atoms with Gasteiger partial charge in [0.15, 0.2) is 11.5 Å². The van der Waals surface area contributed by atoms with Crippen molar-refractivity contribution in [2.24, 2.45) is 0 Å². The summed E-state index contributed by atoms with van der Waals surface area (Å²) in [4.78, 5) is 2.15. The summed E-state index contributed by atoms with van der Waals surface area (Å²) in [6, 6.07) is 6.06. The zero-order valence-electron chi connectivity index (χ0n) is 9.48. The average Bonchev–Trinajstić information content (AvgIpc) is 2.53. The zero-order valence-corrected chi connectivity index (χ0v) is 10.4. The van der Waals surface area contributed by atoms with Gasteiger partial charge in [0, 0.05) is 37.5 Å². The first-order valence-corrected chi connectivity index (χ1v) is 6.16. The van der Waals surface area contributed by atoms with E-state index in [9.17, 15) is 0 Å². The summed E-state index contributed by atoms with van der Waals surface area (Å²) in [5.41, 5.74) is 1.14. The molecule has 0 atom stereocenters. The number of hydrogen-bond acceptors (Lipinski definition) is 4. The molecule has 0 unspecified atom stereocenters. The minimum atomic E-state index is 0.729. The lowest BCUT2D eigenvalue weighted by molar-refractivity contribution is 0.297. The van der Waals surface area contributed by atoms with E-state index in [1.165, 1.54) is 0 Å². The molecule has 0 saturated carbocycles. The third-order valence-electron chi connectivity index (χ3n) is 2.61. The second-order valence-electron chi connectivity index (χ2n) is 3.83. The molecule has 1 aromatic rings.